The highest BCUT2D eigenvalue weighted by Gasteiger charge is 2.24. The summed E-state index contributed by atoms with van der Waals surface area (Å²) in [5.41, 5.74) is 0. The minimum absolute atomic E-state index is 0.224. The van der Waals surface area contributed by atoms with Gasteiger partial charge in [0.05, 0.1) is 19.1 Å². The third kappa shape index (κ3) is 2.81. The number of morpholine rings is 1. The van der Waals surface area contributed by atoms with E-state index in [4.69, 9.17) is 9.26 Å². The predicted octanol–water partition coefficient (Wildman–Crippen LogP) is 1.01. The van der Waals surface area contributed by atoms with Gasteiger partial charge in [0.15, 0.2) is 0 Å². The van der Waals surface area contributed by atoms with E-state index in [9.17, 15) is 0 Å². The fourth-order valence-corrected chi connectivity index (χ4v) is 2.28. The molecule has 1 aliphatic heterocycles. The molecule has 1 aromatic heterocycles. The van der Waals surface area contributed by atoms with Crippen molar-refractivity contribution >= 4 is 5.95 Å². The zero-order valence-corrected chi connectivity index (χ0v) is 11.3. The molecule has 1 fully saturated rings. The van der Waals surface area contributed by atoms with E-state index < -0.39 is 0 Å². The van der Waals surface area contributed by atoms with E-state index in [2.05, 4.69) is 34.2 Å². The van der Waals surface area contributed by atoms with Crippen LogP contribution in [-0.4, -0.2) is 49.5 Å². The molecule has 2 rings (SSSR count). The van der Waals surface area contributed by atoms with Gasteiger partial charge in [-0.2, -0.15) is 4.98 Å². The SMILES string of the molecule is CCC(NC)C(C)c1nc(N2CCOCC2)no1. The molecule has 2 unspecified atom stereocenters. The molecule has 0 aliphatic carbocycles. The topological polar surface area (TPSA) is 63.4 Å². The molecular formula is C12H22N4O2. The smallest absolute Gasteiger partial charge is 0.266 e. The van der Waals surface area contributed by atoms with Gasteiger partial charge in [-0.05, 0) is 18.6 Å². The zero-order valence-electron chi connectivity index (χ0n) is 11.3. The van der Waals surface area contributed by atoms with Crippen molar-refractivity contribution in [3.05, 3.63) is 5.89 Å². The second-order valence-corrected chi connectivity index (χ2v) is 4.62. The standard InChI is InChI=1S/C12H22N4O2/c1-4-10(13-3)9(2)11-14-12(15-18-11)16-5-7-17-8-6-16/h9-10,13H,4-8H2,1-3H3. The summed E-state index contributed by atoms with van der Waals surface area (Å²) in [5, 5.41) is 7.35. The number of anilines is 1. The second-order valence-electron chi connectivity index (χ2n) is 4.62. The van der Waals surface area contributed by atoms with E-state index in [0.29, 0.717) is 17.9 Å². The Balaban J connectivity index is 2.04. The van der Waals surface area contributed by atoms with Crippen LogP contribution in [0.4, 0.5) is 5.95 Å². The molecule has 1 N–H and O–H groups in total. The van der Waals surface area contributed by atoms with E-state index in [1.54, 1.807) is 0 Å². The lowest BCUT2D eigenvalue weighted by Crippen LogP contribution is -2.37. The van der Waals surface area contributed by atoms with Crippen LogP contribution in [0.15, 0.2) is 4.52 Å². The van der Waals surface area contributed by atoms with Crippen molar-refractivity contribution in [3.63, 3.8) is 0 Å². The molecule has 0 aromatic carbocycles. The molecule has 1 aliphatic rings. The maximum atomic E-state index is 5.38. The molecule has 0 amide bonds. The van der Waals surface area contributed by atoms with Crippen molar-refractivity contribution in [1.82, 2.24) is 15.5 Å². The van der Waals surface area contributed by atoms with E-state index in [1.165, 1.54) is 0 Å². The Morgan fingerprint density at radius 2 is 2.11 bits per heavy atom. The summed E-state index contributed by atoms with van der Waals surface area (Å²) in [7, 11) is 1.96. The van der Waals surface area contributed by atoms with Crippen LogP contribution in [0.3, 0.4) is 0 Å². The van der Waals surface area contributed by atoms with Crippen molar-refractivity contribution in [2.24, 2.45) is 0 Å². The number of likely N-dealkylation sites (N-methyl/N-ethyl adjacent to an activating group) is 1. The van der Waals surface area contributed by atoms with Crippen molar-refractivity contribution < 1.29 is 9.26 Å². The van der Waals surface area contributed by atoms with Crippen LogP contribution in [0.25, 0.3) is 0 Å². The fraction of sp³-hybridized carbons (Fsp3) is 0.833. The summed E-state index contributed by atoms with van der Waals surface area (Å²) in [4.78, 5) is 6.60. The number of nitrogens with one attached hydrogen (secondary N) is 1. The largest absolute Gasteiger partial charge is 0.378 e. The molecule has 2 heterocycles. The van der Waals surface area contributed by atoms with Gasteiger partial charge in [-0.25, -0.2) is 0 Å². The minimum Gasteiger partial charge on any atom is -0.378 e. The number of hydrogen-bond donors (Lipinski definition) is 1. The lowest BCUT2D eigenvalue weighted by molar-refractivity contribution is 0.121. The van der Waals surface area contributed by atoms with Crippen LogP contribution in [0.2, 0.25) is 0 Å². The number of nitrogens with zero attached hydrogens (tertiary/aromatic N) is 3. The highest BCUT2D eigenvalue weighted by atomic mass is 16.5. The van der Waals surface area contributed by atoms with Crippen molar-refractivity contribution in [1.29, 1.82) is 0 Å². The molecule has 6 heteroatoms. The number of aromatic nitrogens is 2. The van der Waals surface area contributed by atoms with Crippen LogP contribution in [0.5, 0.6) is 0 Å². The summed E-state index contributed by atoms with van der Waals surface area (Å²) in [5.74, 6) is 1.62. The first-order valence-corrected chi connectivity index (χ1v) is 6.59. The zero-order chi connectivity index (χ0) is 13.0. The first-order valence-electron chi connectivity index (χ1n) is 6.59. The van der Waals surface area contributed by atoms with Gasteiger partial charge >= 0.3 is 0 Å². The Bertz CT molecular complexity index is 359. The average Bonchev–Trinajstić information content (AvgIpc) is 2.90. The number of rotatable bonds is 5. The first-order chi connectivity index (χ1) is 8.76. The van der Waals surface area contributed by atoms with Gasteiger partial charge in [0.1, 0.15) is 0 Å². The maximum Gasteiger partial charge on any atom is 0.266 e. The van der Waals surface area contributed by atoms with Gasteiger partial charge in [-0.1, -0.05) is 13.8 Å². The summed E-state index contributed by atoms with van der Waals surface area (Å²) < 4.78 is 10.7. The third-order valence-corrected chi connectivity index (χ3v) is 3.53. The molecule has 0 bridgehead atoms. The van der Waals surface area contributed by atoms with E-state index in [1.807, 2.05) is 7.05 Å². The Labute approximate surface area is 108 Å². The van der Waals surface area contributed by atoms with Gasteiger partial charge in [0.2, 0.25) is 5.89 Å². The molecule has 1 saturated heterocycles. The number of ether oxygens (including phenoxy) is 1. The lowest BCUT2D eigenvalue weighted by atomic mass is 10.00. The van der Waals surface area contributed by atoms with E-state index in [0.717, 1.165) is 32.7 Å². The molecule has 0 saturated carbocycles. The summed E-state index contributed by atoms with van der Waals surface area (Å²) in [6.45, 7) is 7.38. The maximum absolute atomic E-state index is 5.38. The molecule has 2 atom stereocenters. The summed E-state index contributed by atoms with van der Waals surface area (Å²) in [6, 6.07) is 0.364. The quantitative estimate of drug-likeness (QED) is 0.846. The molecule has 6 nitrogen and oxygen atoms in total. The Morgan fingerprint density at radius 3 is 2.72 bits per heavy atom. The summed E-state index contributed by atoms with van der Waals surface area (Å²) in [6.07, 6.45) is 1.03. The molecule has 1 aromatic rings. The molecular weight excluding hydrogens is 232 g/mol. The van der Waals surface area contributed by atoms with E-state index >= 15 is 0 Å². The predicted molar refractivity (Wildman–Crippen MR) is 68.9 cm³/mol. The Morgan fingerprint density at radius 1 is 1.39 bits per heavy atom. The highest BCUT2D eigenvalue weighted by Crippen LogP contribution is 2.21. The van der Waals surface area contributed by atoms with Gasteiger partial charge in [-0.3, -0.25) is 0 Å². The second kappa shape index (κ2) is 6.15. The molecule has 0 radical (unpaired) electrons. The lowest BCUT2D eigenvalue weighted by Gasteiger charge is -2.24. The average molecular weight is 254 g/mol. The van der Waals surface area contributed by atoms with Crippen LogP contribution in [0.1, 0.15) is 32.1 Å². The van der Waals surface area contributed by atoms with Crippen molar-refractivity contribution in [2.45, 2.75) is 32.2 Å². The van der Waals surface area contributed by atoms with Crippen LogP contribution in [0, 0.1) is 0 Å². The van der Waals surface area contributed by atoms with Gasteiger partial charge in [0.25, 0.3) is 5.95 Å². The Hall–Kier alpha value is -1.14. The normalized spacial score (nSPS) is 19.8. The molecule has 0 spiro atoms. The van der Waals surface area contributed by atoms with Gasteiger partial charge in [0, 0.05) is 19.1 Å². The summed E-state index contributed by atoms with van der Waals surface area (Å²) >= 11 is 0. The van der Waals surface area contributed by atoms with Gasteiger partial charge < -0.3 is 19.5 Å². The molecule has 18 heavy (non-hydrogen) atoms. The monoisotopic (exact) mass is 254 g/mol. The van der Waals surface area contributed by atoms with Crippen LogP contribution < -0.4 is 10.2 Å². The number of hydrogen-bond acceptors (Lipinski definition) is 6. The highest BCUT2D eigenvalue weighted by molar-refractivity contribution is 5.28. The third-order valence-electron chi connectivity index (χ3n) is 3.53. The van der Waals surface area contributed by atoms with Crippen molar-refractivity contribution in [2.75, 3.05) is 38.3 Å². The minimum atomic E-state index is 0.224. The Kier molecular flexibility index (Phi) is 4.54. The first kappa shape index (κ1) is 13.3. The fourth-order valence-electron chi connectivity index (χ4n) is 2.28. The van der Waals surface area contributed by atoms with Gasteiger partial charge in [-0.15, -0.1) is 0 Å². The molecule has 102 valence electrons. The van der Waals surface area contributed by atoms with Crippen LogP contribution >= 0.6 is 0 Å². The van der Waals surface area contributed by atoms with Crippen LogP contribution in [-0.2, 0) is 4.74 Å². The van der Waals surface area contributed by atoms with E-state index in [-0.39, 0.29) is 5.92 Å². The van der Waals surface area contributed by atoms with Crippen molar-refractivity contribution in [3.8, 4) is 0 Å².